The van der Waals surface area contributed by atoms with Crippen LogP contribution in [0.2, 0.25) is 4.34 Å². The van der Waals surface area contributed by atoms with E-state index in [1.807, 2.05) is 6.07 Å². The molecule has 2 aliphatic rings. The second kappa shape index (κ2) is 5.49. The Morgan fingerprint density at radius 3 is 2.94 bits per heavy atom. The average Bonchev–Trinajstić information content (AvgIpc) is 3.05. The van der Waals surface area contributed by atoms with Gasteiger partial charge in [0.05, 0.1) is 16.5 Å². The molecule has 0 aliphatic carbocycles. The number of nitrogens with one attached hydrogen (secondary N) is 1. The lowest BCUT2D eigenvalue weighted by molar-refractivity contribution is 0.0859. The second-order valence-electron chi connectivity index (χ2n) is 5.35. The van der Waals surface area contributed by atoms with Crippen molar-refractivity contribution < 1.29 is 4.74 Å². The van der Waals surface area contributed by atoms with Crippen molar-refractivity contribution in [2.24, 2.45) is 5.92 Å². The van der Waals surface area contributed by atoms with Crippen LogP contribution in [0.3, 0.4) is 0 Å². The zero-order valence-electron chi connectivity index (χ0n) is 10.7. The monoisotopic (exact) mass is 285 g/mol. The van der Waals surface area contributed by atoms with Crippen LogP contribution in [0.5, 0.6) is 0 Å². The van der Waals surface area contributed by atoms with Crippen molar-refractivity contribution in [3.63, 3.8) is 0 Å². The fraction of sp³-hybridized carbons (Fsp3) is 0.714. The molecular formula is C14H20ClNOS. The van der Waals surface area contributed by atoms with E-state index in [1.54, 1.807) is 11.3 Å². The standard InChI is InChI=1S/C14H20ClNOS/c1-2-16-12(8-10-4-6-14(15)18-10)11-7-9-3-5-13(11)17-9/h4,6,9,11-13,16H,2-3,5,7-8H2,1H3. The number of hydrogen-bond donors (Lipinski definition) is 1. The smallest absolute Gasteiger partial charge is 0.0931 e. The molecule has 1 aromatic heterocycles. The quantitative estimate of drug-likeness (QED) is 0.894. The van der Waals surface area contributed by atoms with Gasteiger partial charge in [0.1, 0.15) is 0 Å². The summed E-state index contributed by atoms with van der Waals surface area (Å²) >= 11 is 7.72. The Balaban J connectivity index is 1.68. The highest BCUT2D eigenvalue weighted by Gasteiger charge is 2.44. The molecule has 0 saturated carbocycles. The van der Waals surface area contributed by atoms with E-state index in [4.69, 9.17) is 16.3 Å². The number of rotatable bonds is 5. The molecule has 0 amide bonds. The maximum absolute atomic E-state index is 6.02. The number of fused-ring (bicyclic) bond motifs is 2. The Labute approximate surface area is 118 Å². The molecule has 1 aromatic rings. The van der Waals surface area contributed by atoms with Gasteiger partial charge in [0.2, 0.25) is 0 Å². The summed E-state index contributed by atoms with van der Waals surface area (Å²) in [6, 6.07) is 4.70. The fourth-order valence-corrected chi connectivity index (χ4v) is 4.56. The van der Waals surface area contributed by atoms with E-state index in [0.717, 1.165) is 17.3 Å². The number of thiophene rings is 1. The van der Waals surface area contributed by atoms with Crippen LogP contribution in [0.15, 0.2) is 12.1 Å². The van der Waals surface area contributed by atoms with Crippen LogP contribution >= 0.6 is 22.9 Å². The van der Waals surface area contributed by atoms with Crippen LogP contribution in [0.4, 0.5) is 0 Å². The minimum Gasteiger partial charge on any atom is -0.375 e. The lowest BCUT2D eigenvalue weighted by Gasteiger charge is -2.28. The van der Waals surface area contributed by atoms with E-state index in [0.29, 0.717) is 24.2 Å². The number of halogens is 1. The summed E-state index contributed by atoms with van der Waals surface area (Å²) in [6.45, 7) is 3.21. The van der Waals surface area contributed by atoms with Crippen molar-refractivity contribution in [1.82, 2.24) is 5.32 Å². The summed E-state index contributed by atoms with van der Waals surface area (Å²) in [5, 5.41) is 3.65. The zero-order valence-corrected chi connectivity index (χ0v) is 12.3. The van der Waals surface area contributed by atoms with Crippen LogP contribution in [0, 0.1) is 5.92 Å². The fourth-order valence-electron chi connectivity index (χ4n) is 3.42. The highest BCUT2D eigenvalue weighted by Crippen LogP contribution is 2.41. The molecule has 2 aliphatic heterocycles. The Hall–Kier alpha value is -0.0900. The van der Waals surface area contributed by atoms with Gasteiger partial charge >= 0.3 is 0 Å². The van der Waals surface area contributed by atoms with E-state index in [1.165, 1.54) is 24.1 Å². The van der Waals surface area contributed by atoms with Gasteiger partial charge in [0.25, 0.3) is 0 Å². The molecule has 2 saturated heterocycles. The largest absolute Gasteiger partial charge is 0.375 e. The molecule has 2 bridgehead atoms. The minimum absolute atomic E-state index is 0.495. The highest BCUT2D eigenvalue weighted by molar-refractivity contribution is 7.16. The molecule has 4 atom stereocenters. The molecule has 4 unspecified atom stereocenters. The van der Waals surface area contributed by atoms with E-state index < -0.39 is 0 Å². The Morgan fingerprint density at radius 2 is 2.39 bits per heavy atom. The first-order valence-electron chi connectivity index (χ1n) is 6.89. The first-order valence-corrected chi connectivity index (χ1v) is 8.08. The molecule has 0 aromatic carbocycles. The van der Waals surface area contributed by atoms with Crippen molar-refractivity contribution in [2.75, 3.05) is 6.54 Å². The van der Waals surface area contributed by atoms with Crippen LogP contribution in [-0.2, 0) is 11.2 Å². The maximum atomic E-state index is 6.02. The van der Waals surface area contributed by atoms with Crippen LogP contribution in [-0.4, -0.2) is 24.8 Å². The van der Waals surface area contributed by atoms with E-state index >= 15 is 0 Å². The van der Waals surface area contributed by atoms with Gasteiger partial charge in [-0.25, -0.2) is 0 Å². The number of hydrogen-bond acceptors (Lipinski definition) is 3. The molecule has 3 rings (SSSR count). The molecule has 0 spiro atoms. The van der Waals surface area contributed by atoms with Gasteiger partial charge in [-0.15, -0.1) is 11.3 Å². The van der Waals surface area contributed by atoms with E-state index in [9.17, 15) is 0 Å². The molecule has 1 N–H and O–H groups in total. The van der Waals surface area contributed by atoms with Gasteiger partial charge in [-0.1, -0.05) is 18.5 Å². The molecule has 4 heteroatoms. The lowest BCUT2D eigenvalue weighted by Crippen LogP contribution is -2.42. The average molecular weight is 286 g/mol. The summed E-state index contributed by atoms with van der Waals surface area (Å²) in [5.41, 5.74) is 0. The summed E-state index contributed by atoms with van der Waals surface area (Å²) in [5.74, 6) is 0.685. The van der Waals surface area contributed by atoms with E-state index in [-0.39, 0.29) is 0 Å². The highest BCUT2D eigenvalue weighted by atomic mass is 35.5. The second-order valence-corrected chi connectivity index (χ2v) is 7.15. The van der Waals surface area contributed by atoms with Gasteiger partial charge < -0.3 is 10.1 Å². The predicted molar refractivity (Wildman–Crippen MR) is 76.5 cm³/mol. The minimum atomic E-state index is 0.495. The zero-order chi connectivity index (χ0) is 12.5. The van der Waals surface area contributed by atoms with Crippen molar-refractivity contribution in [3.8, 4) is 0 Å². The molecule has 100 valence electrons. The molecule has 0 radical (unpaired) electrons. The molecule has 2 nitrogen and oxygen atoms in total. The van der Waals surface area contributed by atoms with Crippen LogP contribution in [0.1, 0.15) is 31.1 Å². The summed E-state index contributed by atoms with van der Waals surface area (Å²) < 4.78 is 6.89. The maximum Gasteiger partial charge on any atom is 0.0931 e. The van der Waals surface area contributed by atoms with Crippen molar-refractivity contribution in [2.45, 2.75) is 50.9 Å². The van der Waals surface area contributed by atoms with Gasteiger partial charge in [-0.2, -0.15) is 0 Å². The van der Waals surface area contributed by atoms with Gasteiger partial charge in [-0.05, 0) is 44.4 Å². The first kappa shape index (κ1) is 12.9. The topological polar surface area (TPSA) is 21.3 Å². The third-order valence-electron chi connectivity index (χ3n) is 4.19. The van der Waals surface area contributed by atoms with E-state index in [2.05, 4.69) is 18.3 Å². The summed E-state index contributed by atoms with van der Waals surface area (Å²) in [4.78, 5) is 1.38. The lowest BCUT2D eigenvalue weighted by atomic mass is 9.82. The predicted octanol–water partition coefficient (Wildman–Crippen LogP) is 3.49. The van der Waals surface area contributed by atoms with Gasteiger partial charge in [0.15, 0.2) is 0 Å². The number of ether oxygens (including phenoxy) is 1. The Kier molecular flexibility index (Phi) is 3.94. The molecule has 18 heavy (non-hydrogen) atoms. The molecular weight excluding hydrogens is 266 g/mol. The molecule has 2 fully saturated rings. The Morgan fingerprint density at radius 1 is 1.50 bits per heavy atom. The number of likely N-dealkylation sites (N-methyl/N-ethyl adjacent to an activating group) is 1. The van der Waals surface area contributed by atoms with Crippen molar-refractivity contribution >= 4 is 22.9 Å². The summed E-state index contributed by atoms with van der Waals surface area (Å²) in [6.07, 6.45) is 5.87. The first-order chi connectivity index (χ1) is 8.76. The molecule has 3 heterocycles. The van der Waals surface area contributed by atoms with Gasteiger partial charge in [0, 0.05) is 16.8 Å². The SMILES string of the molecule is CCNC(Cc1ccc(Cl)s1)C1CC2CCC1O2. The third kappa shape index (κ3) is 2.60. The van der Waals surface area contributed by atoms with Crippen molar-refractivity contribution in [1.29, 1.82) is 0 Å². The van der Waals surface area contributed by atoms with Crippen LogP contribution < -0.4 is 5.32 Å². The van der Waals surface area contributed by atoms with Crippen molar-refractivity contribution in [3.05, 3.63) is 21.3 Å². The van der Waals surface area contributed by atoms with Gasteiger partial charge in [-0.3, -0.25) is 0 Å². The normalized spacial score (nSPS) is 32.0. The third-order valence-corrected chi connectivity index (χ3v) is 5.44. The Bertz CT molecular complexity index is 408. The summed E-state index contributed by atoms with van der Waals surface area (Å²) in [7, 11) is 0. The van der Waals surface area contributed by atoms with Crippen LogP contribution in [0.25, 0.3) is 0 Å².